The van der Waals surface area contributed by atoms with Crippen molar-refractivity contribution in [1.29, 1.82) is 0 Å². The number of anilines is 2. The van der Waals surface area contributed by atoms with Crippen molar-refractivity contribution >= 4 is 17.3 Å². The molecular weight excluding hydrogens is 272 g/mol. The molecular formula is C19H24N2O. The van der Waals surface area contributed by atoms with Gasteiger partial charge in [0.05, 0.1) is 6.54 Å². The highest BCUT2D eigenvalue weighted by molar-refractivity contribution is 5.94. The lowest BCUT2D eigenvalue weighted by Gasteiger charge is -2.15. The fourth-order valence-corrected chi connectivity index (χ4v) is 2.49. The molecule has 3 nitrogen and oxygen atoms in total. The summed E-state index contributed by atoms with van der Waals surface area (Å²) in [5.74, 6) is 0.351. The van der Waals surface area contributed by atoms with E-state index in [9.17, 15) is 4.79 Å². The molecule has 0 aliphatic heterocycles. The number of carbonyl (C=O) groups excluding carboxylic acids is 1. The molecule has 116 valence electrons. The highest BCUT2D eigenvalue weighted by Crippen LogP contribution is 2.23. The molecule has 1 amide bonds. The van der Waals surface area contributed by atoms with Crippen LogP contribution in [0.1, 0.15) is 37.8 Å². The first-order valence-electron chi connectivity index (χ1n) is 7.82. The zero-order valence-corrected chi connectivity index (χ0v) is 13.5. The van der Waals surface area contributed by atoms with E-state index < -0.39 is 0 Å². The van der Waals surface area contributed by atoms with Gasteiger partial charge in [-0.25, -0.2) is 0 Å². The summed E-state index contributed by atoms with van der Waals surface area (Å²) in [6, 6.07) is 16.0. The number of hydrogen-bond acceptors (Lipinski definition) is 2. The summed E-state index contributed by atoms with van der Waals surface area (Å²) < 4.78 is 0. The summed E-state index contributed by atoms with van der Waals surface area (Å²) in [5.41, 5.74) is 4.30. The minimum Gasteiger partial charge on any atom is -0.376 e. The second kappa shape index (κ2) is 7.64. The molecule has 2 aromatic carbocycles. The van der Waals surface area contributed by atoms with E-state index in [-0.39, 0.29) is 12.5 Å². The standard InChI is InChI=1S/C19H24N2O/c1-4-15-9-5-7-11-17(15)20-13-19(22)21-18-12-8-6-10-16(18)14(2)3/h5-12,14,20H,4,13H2,1-3H3,(H,21,22). The minimum atomic E-state index is -0.0287. The molecule has 3 heteroatoms. The third-order valence-corrected chi connectivity index (χ3v) is 3.69. The number of carbonyl (C=O) groups is 1. The van der Waals surface area contributed by atoms with Gasteiger partial charge in [0.2, 0.25) is 5.91 Å². The van der Waals surface area contributed by atoms with Crippen molar-refractivity contribution in [3.63, 3.8) is 0 Å². The van der Waals surface area contributed by atoms with E-state index >= 15 is 0 Å². The lowest BCUT2D eigenvalue weighted by atomic mass is 10.0. The van der Waals surface area contributed by atoms with E-state index in [2.05, 4.69) is 43.5 Å². The normalized spacial score (nSPS) is 10.5. The van der Waals surface area contributed by atoms with Crippen LogP contribution in [0.5, 0.6) is 0 Å². The highest BCUT2D eigenvalue weighted by atomic mass is 16.1. The van der Waals surface area contributed by atoms with E-state index in [0.717, 1.165) is 23.4 Å². The second-order valence-corrected chi connectivity index (χ2v) is 5.65. The molecule has 0 atom stereocenters. The maximum absolute atomic E-state index is 12.2. The van der Waals surface area contributed by atoms with E-state index in [1.165, 1.54) is 5.56 Å². The van der Waals surface area contributed by atoms with Crippen molar-refractivity contribution in [2.24, 2.45) is 0 Å². The van der Waals surface area contributed by atoms with Crippen molar-refractivity contribution in [3.8, 4) is 0 Å². The van der Waals surface area contributed by atoms with E-state index in [4.69, 9.17) is 0 Å². The first-order chi connectivity index (χ1) is 10.6. The predicted molar refractivity (Wildman–Crippen MR) is 93.5 cm³/mol. The van der Waals surface area contributed by atoms with Gasteiger partial charge in [-0.2, -0.15) is 0 Å². The van der Waals surface area contributed by atoms with Crippen LogP contribution in [-0.4, -0.2) is 12.5 Å². The first-order valence-corrected chi connectivity index (χ1v) is 7.82. The Morgan fingerprint density at radius 1 is 1.00 bits per heavy atom. The SMILES string of the molecule is CCc1ccccc1NCC(=O)Nc1ccccc1C(C)C. The third-order valence-electron chi connectivity index (χ3n) is 3.69. The number of aryl methyl sites for hydroxylation is 1. The average molecular weight is 296 g/mol. The number of para-hydroxylation sites is 2. The van der Waals surface area contributed by atoms with E-state index in [1.807, 2.05) is 36.4 Å². The van der Waals surface area contributed by atoms with Crippen molar-refractivity contribution in [3.05, 3.63) is 59.7 Å². The molecule has 0 spiro atoms. The molecule has 0 saturated carbocycles. The molecule has 0 aliphatic rings. The Hall–Kier alpha value is -2.29. The maximum atomic E-state index is 12.2. The first kappa shape index (κ1) is 16.1. The van der Waals surface area contributed by atoms with Crippen LogP contribution in [0.3, 0.4) is 0 Å². The smallest absolute Gasteiger partial charge is 0.243 e. The van der Waals surface area contributed by atoms with Crippen molar-refractivity contribution in [2.75, 3.05) is 17.2 Å². The van der Waals surface area contributed by atoms with Gasteiger partial charge < -0.3 is 10.6 Å². The van der Waals surface area contributed by atoms with Gasteiger partial charge in [0.15, 0.2) is 0 Å². The average Bonchev–Trinajstić information content (AvgIpc) is 2.53. The van der Waals surface area contributed by atoms with Gasteiger partial charge in [-0.15, -0.1) is 0 Å². The topological polar surface area (TPSA) is 41.1 Å². The van der Waals surface area contributed by atoms with Crippen LogP contribution in [0.2, 0.25) is 0 Å². The van der Waals surface area contributed by atoms with Crippen LogP contribution in [0.25, 0.3) is 0 Å². The van der Waals surface area contributed by atoms with Gasteiger partial charge in [-0.3, -0.25) is 4.79 Å². The Morgan fingerprint density at radius 3 is 2.32 bits per heavy atom. The monoisotopic (exact) mass is 296 g/mol. The summed E-state index contributed by atoms with van der Waals surface area (Å²) in [6.07, 6.45) is 0.945. The quantitative estimate of drug-likeness (QED) is 0.828. The molecule has 0 heterocycles. The molecule has 0 aliphatic carbocycles. The fraction of sp³-hybridized carbons (Fsp3) is 0.316. The van der Waals surface area contributed by atoms with Crippen molar-refractivity contribution in [2.45, 2.75) is 33.1 Å². The molecule has 2 aromatic rings. The van der Waals surface area contributed by atoms with Gasteiger partial charge in [0.25, 0.3) is 0 Å². The Bertz CT molecular complexity index is 635. The Kier molecular flexibility index (Phi) is 5.59. The lowest BCUT2D eigenvalue weighted by Crippen LogP contribution is -2.23. The lowest BCUT2D eigenvalue weighted by molar-refractivity contribution is -0.114. The third kappa shape index (κ3) is 4.10. The Morgan fingerprint density at radius 2 is 1.64 bits per heavy atom. The van der Waals surface area contributed by atoms with E-state index in [0.29, 0.717) is 5.92 Å². The van der Waals surface area contributed by atoms with Crippen LogP contribution >= 0.6 is 0 Å². The zero-order chi connectivity index (χ0) is 15.9. The zero-order valence-electron chi connectivity index (χ0n) is 13.5. The second-order valence-electron chi connectivity index (χ2n) is 5.65. The summed E-state index contributed by atoms with van der Waals surface area (Å²) in [7, 11) is 0. The molecule has 0 fully saturated rings. The summed E-state index contributed by atoms with van der Waals surface area (Å²) in [4.78, 5) is 12.2. The molecule has 2 N–H and O–H groups in total. The summed E-state index contributed by atoms with van der Waals surface area (Å²) in [5, 5.41) is 6.22. The number of amides is 1. The number of benzene rings is 2. The molecule has 22 heavy (non-hydrogen) atoms. The van der Waals surface area contributed by atoms with Gasteiger partial charge in [0, 0.05) is 11.4 Å². The van der Waals surface area contributed by atoms with Crippen LogP contribution in [0.15, 0.2) is 48.5 Å². The molecule has 2 rings (SSSR count). The van der Waals surface area contributed by atoms with Crippen LogP contribution in [-0.2, 0) is 11.2 Å². The number of hydrogen-bond donors (Lipinski definition) is 2. The maximum Gasteiger partial charge on any atom is 0.243 e. The van der Waals surface area contributed by atoms with Gasteiger partial charge in [-0.1, -0.05) is 57.2 Å². The van der Waals surface area contributed by atoms with Gasteiger partial charge >= 0.3 is 0 Å². The van der Waals surface area contributed by atoms with Gasteiger partial charge in [0.1, 0.15) is 0 Å². The molecule has 0 bridgehead atoms. The summed E-state index contributed by atoms with van der Waals surface area (Å²) in [6.45, 7) is 6.63. The van der Waals surface area contributed by atoms with Gasteiger partial charge in [-0.05, 0) is 35.6 Å². The number of rotatable bonds is 6. The highest BCUT2D eigenvalue weighted by Gasteiger charge is 2.09. The van der Waals surface area contributed by atoms with Crippen LogP contribution in [0.4, 0.5) is 11.4 Å². The largest absolute Gasteiger partial charge is 0.376 e. The predicted octanol–water partition coefficient (Wildman–Crippen LogP) is 4.42. The Labute approximate surface area is 132 Å². The van der Waals surface area contributed by atoms with Crippen molar-refractivity contribution in [1.82, 2.24) is 0 Å². The molecule has 0 radical (unpaired) electrons. The number of nitrogens with one attached hydrogen (secondary N) is 2. The van der Waals surface area contributed by atoms with Crippen LogP contribution < -0.4 is 10.6 Å². The molecule has 0 unspecified atom stereocenters. The Balaban J connectivity index is 1.99. The summed E-state index contributed by atoms with van der Waals surface area (Å²) >= 11 is 0. The molecule has 0 aromatic heterocycles. The fourth-order valence-electron chi connectivity index (χ4n) is 2.49. The van der Waals surface area contributed by atoms with E-state index in [1.54, 1.807) is 0 Å². The van der Waals surface area contributed by atoms with Crippen molar-refractivity contribution < 1.29 is 4.79 Å². The minimum absolute atomic E-state index is 0.0287. The van der Waals surface area contributed by atoms with Crippen LogP contribution in [0, 0.1) is 0 Å². The molecule has 0 saturated heterocycles.